The number of piperazine rings is 1. The molecule has 1 aromatic carbocycles. The van der Waals surface area contributed by atoms with Gasteiger partial charge in [-0.25, -0.2) is 0 Å². The molecule has 3 N–H and O–H groups in total. The largest absolute Gasteiger partial charge is 0.486 e. The van der Waals surface area contributed by atoms with E-state index in [1.54, 1.807) is 0 Å². The number of rotatable bonds is 11. The van der Waals surface area contributed by atoms with Crippen LogP contribution in [0.3, 0.4) is 0 Å². The smallest absolute Gasteiger partial charge is 0.310 e. The zero-order valence-electron chi connectivity index (χ0n) is 28.6. The van der Waals surface area contributed by atoms with E-state index in [-0.39, 0.29) is 5.60 Å². The second-order valence-corrected chi connectivity index (χ2v) is 14.4. The Morgan fingerprint density at radius 3 is 2.11 bits per heavy atom. The summed E-state index contributed by atoms with van der Waals surface area (Å²) in [6.45, 7) is 18.1. The van der Waals surface area contributed by atoms with Crippen LogP contribution in [-0.2, 0) is 11.2 Å². The Kier molecular flexibility index (Phi) is 9.94. The van der Waals surface area contributed by atoms with Crippen LogP contribution >= 0.6 is 0 Å². The number of ether oxygens (including phenoxy) is 1. The monoisotopic (exact) mass is 633 g/mol. The zero-order valence-corrected chi connectivity index (χ0v) is 28.6. The predicted octanol–water partition coefficient (Wildman–Crippen LogP) is 4.81. The minimum Gasteiger partial charge on any atom is -0.486 e. The van der Waals surface area contributed by atoms with E-state index < -0.39 is 11.9 Å². The Balaban J connectivity index is 1.14. The molecule has 10 nitrogen and oxygen atoms in total. The summed E-state index contributed by atoms with van der Waals surface area (Å²) >= 11 is 0. The maximum Gasteiger partial charge on any atom is 0.310 e. The van der Waals surface area contributed by atoms with E-state index in [1.165, 1.54) is 31.2 Å². The summed E-state index contributed by atoms with van der Waals surface area (Å²) in [7, 11) is 0. The normalized spacial score (nSPS) is 22.7. The quantitative estimate of drug-likeness (QED) is 0.335. The standard InChI is InChI=1S/C36H55N7O3/c1-25-26(2)33-28(27(3)32(25)29(34(44)45)11-5-6-14-37)12-13-36(4,46-33)24-40-19-21-42(22-20-40)31-23-30(41-15-7-8-16-41)38-35(39-31)43-17-9-10-18-43/h23,29H,5-22,24,37H2,1-4H3,(H,44,45). The number of hydrogen-bond acceptors (Lipinski definition) is 9. The van der Waals surface area contributed by atoms with Crippen molar-refractivity contribution in [2.75, 3.05) is 80.1 Å². The second-order valence-electron chi connectivity index (χ2n) is 14.4. The number of carboxylic acids is 1. The Labute approximate surface area is 275 Å². The van der Waals surface area contributed by atoms with Crippen LogP contribution in [0, 0.1) is 20.8 Å². The number of aliphatic carboxylic acids is 1. The van der Waals surface area contributed by atoms with Gasteiger partial charge in [-0.1, -0.05) is 6.42 Å². The first-order valence-corrected chi connectivity index (χ1v) is 17.8. The lowest BCUT2D eigenvalue weighted by atomic mass is 9.79. The van der Waals surface area contributed by atoms with Crippen LogP contribution in [0.5, 0.6) is 5.75 Å². The molecule has 2 atom stereocenters. The number of nitrogens with two attached hydrogens (primary N) is 1. The molecule has 2 aromatic rings. The van der Waals surface area contributed by atoms with Gasteiger partial charge in [0.15, 0.2) is 0 Å². The lowest BCUT2D eigenvalue weighted by Gasteiger charge is -2.43. The molecular formula is C36H55N7O3. The van der Waals surface area contributed by atoms with Crippen LogP contribution in [0.15, 0.2) is 6.07 Å². The maximum atomic E-state index is 12.4. The van der Waals surface area contributed by atoms with Crippen LogP contribution < -0.4 is 25.2 Å². The number of carboxylic acid groups (broad SMARTS) is 1. The average molecular weight is 634 g/mol. The van der Waals surface area contributed by atoms with E-state index in [0.717, 1.165) is 130 Å². The zero-order chi connectivity index (χ0) is 32.4. The van der Waals surface area contributed by atoms with Crippen molar-refractivity contribution in [2.45, 2.75) is 97.0 Å². The van der Waals surface area contributed by atoms with Crippen molar-refractivity contribution in [3.63, 3.8) is 0 Å². The molecule has 5 heterocycles. The van der Waals surface area contributed by atoms with Crippen LogP contribution in [-0.4, -0.2) is 97.0 Å². The molecular weight excluding hydrogens is 578 g/mol. The fraction of sp³-hybridized carbons (Fsp3) is 0.694. The third-order valence-corrected chi connectivity index (χ3v) is 11.0. The molecule has 0 saturated carbocycles. The molecule has 0 aliphatic carbocycles. The van der Waals surface area contributed by atoms with Crippen LogP contribution in [0.1, 0.15) is 92.0 Å². The number of fused-ring (bicyclic) bond motifs is 1. The fourth-order valence-electron chi connectivity index (χ4n) is 8.20. The van der Waals surface area contributed by atoms with E-state index in [2.05, 4.69) is 53.4 Å². The van der Waals surface area contributed by atoms with Gasteiger partial charge >= 0.3 is 5.97 Å². The van der Waals surface area contributed by atoms with Gasteiger partial charge in [-0.3, -0.25) is 9.69 Å². The number of nitrogens with zero attached hydrogens (tertiary/aromatic N) is 6. The highest BCUT2D eigenvalue weighted by Gasteiger charge is 2.38. The third kappa shape index (κ3) is 6.79. The minimum atomic E-state index is -0.746. The van der Waals surface area contributed by atoms with Crippen LogP contribution in [0.2, 0.25) is 0 Å². The number of aromatic nitrogens is 2. The molecule has 4 aliphatic rings. The molecule has 1 aromatic heterocycles. The predicted molar refractivity (Wildman–Crippen MR) is 185 cm³/mol. The van der Waals surface area contributed by atoms with Crippen molar-refractivity contribution in [3.8, 4) is 5.75 Å². The number of carbonyl (C=O) groups is 1. The highest BCUT2D eigenvalue weighted by molar-refractivity contribution is 5.78. The number of hydrogen-bond donors (Lipinski definition) is 2. The summed E-state index contributed by atoms with van der Waals surface area (Å²) in [6.07, 6.45) is 9.01. The van der Waals surface area contributed by atoms with Crippen molar-refractivity contribution in [1.82, 2.24) is 14.9 Å². The molecule has 252 valence electrons. The van der Waals surface area contributed by atoms with Gasteiger partial charge in [0, 0.05) is 65.0 Å². The summed E-state index contributed by atoms with van der Waals surface area (Å²) < 4.78 is 6.91. The summed E-state index contributed by atoms with van der Waals surface area (Å²) in [4.78, 5) is 32.3. The highest BCUT2D eigenvalue weighted by Crippen LogP contribution is 2.44. The Bertz CT molecular complexity index is 1360. The maximum absolute atomic E-state index is 12.4. The molecule has 0 amide bonds. The van der Waals surface area contributed by atoms with Gasteiger partial charge in [-0.05, 0) is 113 Å². The topological polar surface area (TPSA) is 111 Å². The van der Waals surface area contributed by atoms with Crippen molar-refractivity contribution in [1.29, 1.82) is 0 Å². The highest BCUT2D eigenvalue weighted by atomic mass is 16.5. The molecule has 6 rings (SSSR count). The van der Waals surface area contributed by atoms with Gasteiger partial charge < -0.3 is 30.3 Å². The fourth-order valence-corrected chi connectivity index (χ4v) is 8.20. The second kappa shape index (κ2) is 13.9. The van der Waals surface area contributed by atoms with E-state index in [1.807, 2.05) is 0 Å². The lowest BCUT2D eigenvalue weighted by molar-refractivity contribution is -0.139. The first-order chi connectivity index (χ1) is 22.2. The molecule has 4 aliphatic heterocycles. The van der Waals surface area contributed by atoms with E-state index in [0.29, 0.717) is 13.0 Å². The van der Waals surface area contributed by atoms with Gasteiger partial charge in [0.2, 0.25) is 5.95 Å². The van der Waals surface area contributed by atoms with E-state index >= 15 is 0 Å². The number of benzene rings is 1. The molecule has 46 heavy (non-hydrogen) atoms. The molecule has 10 heteroatoms. The first-order valence-electron chi connectivity index (χ1n) is 17.8. The SMILES string of the molecule is Cc1c(C)c(C(CCCCN)C(=O)O)c(C)c2c1OC(C)(CN1CCN(c3cc(N4CCCC4)nc(N4CCCC4)n3)CC1)CC2. The molecule has 2 unspecified atom stereocenters. The Morgan fingerprint density at radius 2 is 1.50 bits per heavy atom. The first kappa shape index (κ1) is 32.8. The van der Waals surface area contributed by atoms with Gasteiger partial charge in [-0.15, -0.1) is 0 Å². The van der Waals surface area contributed by atoms with Crippen LogP contribution in [0.4, 0.5) is 17.6 Å². The summed E-state index contributed by atoms with van der Waals surface area (Å²) in [6, 6.07) is 2.22. The lowest BCUT2D eigenvalue weighted by Crippen LogP contribution is -2.54. The van der Waals surface area contributed by atoms with Crippen molar-refractivity contribution in [3.05, 3.63) is 33.9 Å². The number of unbranched alkanes of at least 4 members (excludes halogenated alkanes) is 1. The van der Waals surface area contributed by atoms with Gasteiger partial charge in [0.1, 0.15) is 23.0 Å². The molecule has 0 radical (unpaired) electrons. The Hall–Kier alpha value is -3.11. The number of anilines is 3. The van der Waals surface area contributed by atoms with Gasteiger partial charge in [0.05, 0.1) is 5.92 Å². The average Bonchev–Trinajstić information content (AvgIpc) is 3.79. The van der Waals surface area contributed by atoms with Gasteiger partial charge in [0.25, 0.3) is 0 Å². The van der Waals surface area contributed by atoms with E-state index in [9.17, 15) is 9.90 Å². The van der Waals surface area contributed by atoms with Crippen LogP contribution in [0.25, 0.3) is 0 Å². The summed E-state index contributed by atoms with van der Waals surface area (Å²) in [5.41, 5.74) is 10.8. The van der Waals surface area contributed by atoms with E-state index in [4.69, 9.17) is 20.4 Å². The molecule has 3 saturated heterocycles. The van der Waals surface area contributed by atoms with Gasteiger partial charge in [-0.2, -0.15) is 9.97 Å². The molecule has 0 bridgehead atoms. The van der Waals surface area contributed by atoms with Crippen molar-refractivity contribution < 1.29 is 14.6 Å². The third-order valence-electron chi connectivity index (χ3n) is 11.0. The Morgan fingerprint density at radius 1 is 0.891 bits per heavy atom. The summed E-state index contributed by atoms with van der Waals surface area (Å²) in [5.74, 6) is 2.77. The molecule has 0 spiro atoms. The van der Waals surface area contributed by atoms with Crippen molar-refractivity contribution >= 4 is 23.6 Å². The minimum absolute atomic E-state index is 0.297. The van der Waals surface area contributed by atoms with Crippen molar-refractivity contribution in [2.24, 2.45) is 5.73 Å². The summed E-state index contributed by atoms with van der Waals surface area (Å²) in [5, 5.41) is 10.2. The molecule has 3 fully saturated rings.